The Labute approximate surface area is 88.9 Å². The van der Waals surface area contributed by atoms with Gasteiger partial charge >= 0.3 is 0 Å². The Hall–Kier alpha value is -1.43. The van der Waals surface area contributed by atoms with E-state index in [-0.39, 0.29) is 5.91 Å². The van der Waals surface area contributed by atoms with E-state index in [4.69, 9.17) is 5.73 Å². The summed E-state index contributed by atoms with van der Waals surface area (Å²) in [7, 11) is 1.71. The number of nitrogens with zero attached hydrogens (tertiary/aromatic N) is 3. The van der Waals surface area contributed by atoms with Gasteiger partial charge in [-0.1, -0.05) is 13.8 Å². The fourth-order valence-corrected chi connectivity index (χ4v) is 1.21. The second kappa shape index (κ2) is 4.39. The molecular formula is C9H17N5O. The van der Waals surface area contributed by atoms with Crippen LogP contribution in [0.3, 0.4) is 0 Å². The smallest absolute Gasteiger partial charge is 0.246 e. The lowest BCUT2D eigenvalue weighted by Crippen LogP contribution is -2.50. The molecule has 0 aliphatic rings. The van der Waals surface area contributed by atoms with Crippen LogP contribution >= 0.6 is 0 Å². The Morgan fingerprint density at radius 3 is 2.60 bits per heavy atom. The Morgan fingerprint density at radius 1 is 1.60 bits per heavy atom. The molecule has 1 aromatic rings. The third-order valence-corrected chi connectivity index (χ3v) is 2.65. The summed E-state index contributed by atoms with van der Waals surface area (Å²) < 4.78 is 1.49. The highest BCUT2D eigenvalue weighted by atomic mass is 16.2. The highest BCUT2D eigenvalue weighted by Gasteiger charge is 2.30. The van der Waals surface area contributed by atoms with Crippen LogP contribution < -0.4 is 11.1 Å². The van der Waals surface area contributed by atoms with Gasteiger partial charge < -0.3 is 5.73 Å². The minimum atomic E-state index is -0.827. The standard InChI is InChI=1S/C9H17N5O/c1-4-9(10,5-2)7(15)13-8-11-6-12-14(8)3/h6H,4-5,10H2,1-3H3,(H,11,12,13,15). The number of amides is 1. The quantitative estimate of drug-likeness (QED) is 0.748. The van der Waals surface area contributed by atoms with Crippen molar-refractivity contribution in [2.75, 3.05) is 5.32 Å². The summed E-state index contributed by atoms with van der Waals surface area (Å²) in [5.41, 5.74) is 5.11. The van der Waals surface area contributed by atoms with Gasteiger partial charge in [-0.2, -0.15) is 10.1 Å². The topological polar surface area (TPSA) is 85.8 Å². The van der Waals surface area contributed by atoms with Crippen LogP contribution in [-0.2, 0) is 11.8 Å². The molecule has 1 amide bonds. The van der Waals surface area contributed by atoms with E-state index in [0.717, 1.165) is 0 Å². The number of rotatable bonds is 4. The van der Waals surface area contributed by atoms with Crippen LogP contribution in [0.2, 0.25) is 0 Å². The highest BCUT2D eigenvalue weighted by molar-refractivity contribution is 5.96. The molecule has 0 fully saturated rings. The number of hydrogen-bond acceptors (Lipinski definition) is 4. The molecule has 0 saturated carbocycles. The molecule has 3 N–H and O–H groups in total. The van der Waals surface area contributed by atoms with E-state index < -0.39 is 5.54 Å². The van der Waals surface area contributed by atoms with E-state index in [9.17, 15) is 4.79 Å². The van der Waals surface area contributed by atoms with Gasteiger partial charge in [0.1, 0.15) is 6.33 Å². The van der Waals surface area contributed by atoms with Crippen LogP contribution in [0.1, 0.15) is 26.7 Å². The highest BCUT2D eigenvalue weighted by Crippen LogP contribution is 2.13. The maximum atomic E-state index is 11.8. The van der Waals surface area contributed by atoms with Crippen molar-refractivity contribution in [1.82, 2.24) is 14.8 Å². The van der Waals surface area contributed by atoms with Crippen LogP contribution in [0.25, 0.3) is 0 Å². The zero-order chi connectivity index (χ0) is 11.5. The molecule has 0 unspecified atom stereocenters. The second-order valence-corrected chi connectivity index (χ2v) is 3.52. The van der Waals surface area contributed by atoms with Crippen molar-refractivity contribution in [3.05, 3.63) is 6.33 Å². The van der Waals surface area contributed by atoms with E-state index in [0.29, 0.717) is 18.8 Å². The Bertz CT molecular complexity index is 342. The van der Waals surface area contributed by atoms with Crippen LogP contribution in [0.4, 0.5) is 5.95 Å². The van der Waals surface area contributed by atoms with Crippen molar-refractivity contribution in [1.29, 1.82) is 0 Å². The van der Waals surface area contributed by atoms with Gasteiger partial charge in [-0.05, 0) is 12.8 Å². The number of aromatic nitrogens is 3. The molecule has 0 saturated heterocycles. The summed E-state index contributed by atoms with van der Waals surface area (Å²) in [6, 6.07) is 0. The molecule has 1 heterocycles. The van der Waals surface area contributed by atoms with Crippen LogP contribution in [0, 0.1) is 0 Å². The van der Waals surface area contributed by atoms with Crippen molar-refractivity contribution in [3.8, 4) is 0 Å². The van der Waals surface area contributed by atoms with Gasteiger partial charge in [0.05, 0.1) is 5.54 Å². The van der Waals surface area contributed by atoms with Gasteiger partial charge in [-0.25, -0.2) is 4.68 Å². The van der Waals surface area contributed by atoms with E-state index in [2.05, 4.69) is 15.4 Å². The molecule has 0 aliphatic carbocycles. The average molecular weight is 211 g/mol. The molecule has 0 radical (unpaired) electrons. The van der Waals surface area contributed by atoms with Crippen molar-refractivity contribution in [2.45, 2.75) is 32.2 Å². The van der Waals surface area contributed by atoms with Crippen LogP contribution in [0.5, 0.6) is 0 Å². The molecule has 0 bridgehead atoms. The average Bonchev–Trinajstić information content (AvgIpc) is 2.63. The molecule has 84 valence electrons. The first-order valence-electron chi connectivity index (χ1n) is 4.97. The lowest BCUT2D eigenvalue weighted by atomic mass is 9.93. The van der Waals surface area contributed by atoms with Gasteiger partial charge in [0.2, 0.25) is 11.9 Å². The first-order valence-corrected chi connectivity index (χ1v) is 4.97. The van der Waals surface area contributed by atoms with Gasteiger partial charge in [0.25, 0.3) is 0 Å². The summed E-state index contributed by atoms with van der Waals surface area (Å²) in [5, 5.41) is 6.51. The largest absolute Gasteiger partial charge is 0.317 e. The van der Waals surface area contributed by atoms with Gasteiger partial charge in [0, 0.05) is 7.05 Å². The number of nitrogens with one attached hydrogen (secondary N) is 1. The Kier molecular flexibility index (Phi) is 3.41. The molecule has 0 spiro atoms. The Morgan fingerprint density at radius 2 is 2.20 bits per heavy atom. The first kappa shape index (κ1) is 11.6. The molecular weight excluding hydrogens is 194 g/mol. The van der Waals surface area contributed by atoms with Crippen LogP contribution in [0.15, 0.2) is 6.33 Å². The van der Waals surface area contributed by atoms with Crippen LogP contribution in [-0.4, -0.2) is 26.2 Å². The molecule has 6 heteroatoms. The molecule has 0 aliphatic heterocycles. The molecule has 6 nitrogen and oxygen atoms in total. The summed E-state index contributed by atoms with van der Waals surface area (Å²) in [6.07, 6.45) is 2.56. The summed E-state index contributed by atoms with van der Waals surface area (Å²) in [6.45, 7) is 3.78. The van der Waals surface area contributed by atoms with Crippen molar-refractivity contribution in [2.24, 2.45) is 12.8 Å². The number of carbonyl (C=O) groups excluding carboxylic acids is 1. The maximum absolute atomic E-state index is 11.8. The fraction of sp³-hybridized carbons (Fsp3) is 0.667. The summed E-state index contributed by atoms with van der Waals surface area (Å²) in [4.78, 5) is 15.7. The summed E-state index contributed by atoms with van der Waals surface area (Å²) >= 11 is 0. The number of aryl methyl sites for hydroxylation is 1. The fourth-order valence-electron chi connectivity index (χ4n) is 1.21. The van der Waals surface area contributed by atoms with Gasteiger partial charge in [-0.15, -0.1) is 0 Å². The predicted octanol–water partition coefficient (Wildman–Crippen LogP) is 0.271. The van der Waals surface area contributed by atoms with Crippen molar-refractivity contribution >= 4 is 11.9 Å². The normalized spacial score (nSPS) is 11.5. The number of nitrogens with two attached hydrogens (primary N) is 1. The van der Waals surface area contributed by atoms with E-state index in [1.165, 1.54) is 11.0 Å². The monoisotopic (exact) mass is 211 g/mol. The molecule has 15 heavy (non-hydrogen) atoms. The number of hydrogen-bond donors (Lipinski definition) is 2. The van der Waals surface area contributed by atoms with E-state index in [1.807, 2.05) is 13.8 Å². The number of anilines is 1. The lowest BCUT2D eigenvalue weighted by Gasteiger charge is -2.24. The minimum Gasteiger partial charge on any atom is -0.317 e. The molecule has 0 atom stereocenters. The predicted molar refractivity (Wildman–Crippen MR) is 57.1 cm³/mol. The second-order valence-electron chi connectivity index (χ2n) is 3.52. The maximum Gasteiger partial charge on any atom is 0.246 e. The SMILES string of the molecule is CCC(N)(CC)C(=O)Nc1ncnn1C. The molecule has 1 rings (SSSR count). The lowest BCUT2D eigenvalue weighted by molar-refractivity contribution is -0.121. The minimum absolute atomic E-state index is 0.219. The van der Waals surface area contributed by atoms with E-state index in [1.54, 1.807) is 7.05 Å². The van der Waals surface area contributed by atoms with Gasteiger partial charge in [-0.3, -0.25) is 10.1 Å². The third kappa shape index (κ3) is 2.33. The molecule has 0 aromatic carbocycles. The van der Waals surface area contributed by atoms with Crippen molar-refractivity contribution < 1.29 is 4.79 Å². The van der Waals surface area contributed by atoms with Crippen molar-refractivity contribution in [3.63, 3.8) is 0 Å². The first-order chi connectivity index (χ1) is 7.03. The molecule has 1 aromatic heterocycles. The zero-order valence-corrected chi connectivity index (χ0v) is 9.32. The summed E-state index contributed by atoms with van der Waals surface area (Å²) in [5.74, 6) is 0.195. The van der Waals surface area contributed by atoms with E-state index >= 15 is 0 Å². The Balaban J connectivity index is 2.75. The van der Waals surface area contributed by atoms with Gasteiger partial charge in [0.15, 0.2) is 0 Å². The zero-order valence-electron chi connectivity index (χ0n) is 9.32. The number of carbonyl (C=O) groups is 1. The third-order valence-electron chi connectivity index (χ3n) is 2.65.